The van der Waals surface area contributed by atoms with E-state index in [2.05, 4.69) is 11.8 Å². The first-order valence-electron chi connectivity index (χ1n) is 7.36. The molecule has 0 spiro atoms. The van der Waals surface area contributed by atoms with E-state index >= 15 is 0 Å². The molecule has 0 aromatic heterocycles. The molecule has 3 nitrogen and oxygen atoms in total. The van der Waals surface area contributed by atoms with Gasteiger partial charge >= 0.3 is 0 Å². The number of hydrogen-bond donors (Lipinski definition) is 1. The molecule has 1 N–H and O–H groups in total. The molecule has 0 bridgehead atoms. The molecule has 1 heterocycles. The maximum absolute atomic E-state index is 10.1. The summed E-state index contributed by atoms with van der Waals surface area (Å²) < 4.78 is 5.65. The van der Waals surface area contributed by atoms with Gasteiger partial charge in [0.2, 0.25) is 0 Å². The molecule has 1 aromatic rings. The Kier molecular flexibility index (Phi) is 5.83. The van der Waals surface area contributed by atoms with Crippen molar-refractivity contribution in [3.05, 3.63) is 35.9 Å². The molecule has 0 saturated carbocycles. The maximum Gasteiger partial charge on any atom is 0.0802 e. The van der Waals surface area contributed by atoms with Gasteiger partial charge in [-0.1, -0.05) is 30.3 Å². The Hall–Kier alpha value is -0.900. The van der Waals surface area contributed by atoms with E-state index in [1.807, 2.05) is 30.3 Å². The van der Waals surface area contributed by atoms with Crippen molar-refractivity contribution < 1.29 is 9.84 Å². The van der Waals surface area contributed by atoms with Crippen LogP contribution < -0.4 is 0 Å². The lowest BCUT2D eigenvalue weighted by Crippen LogP contribution is -2.37. The second-order valence-corrected chi connectivity index (χ2v) is 5.21. The highest BCUT2D eigenvalue weighted by atomic mass is 16.5. The molecule has 106 valence electrons. The Morgan fingerprint density at radius 3 is 2.58 bits per heavy atom. The molecule has 2 rings (SSSR count). The van der Waals surface area contributed by atoms with Crippen LogP contribution in [0.5, 0.6) is 0 Å². The van der Waals surface area contributed by atoms with Gasteiger partial charge in [0.1, 0.15) is 0 Å². The fourth-order valence-corrected chi connectivity index (χ4v) is 2.68. The van der Waals surface area contributed by atoms with Crippen LogP contribution in [0, 0.1) is 0 Å². The van der Waals surface area contributed by atoms with Crippen molar-refractivity contribution in [2.75, 3.05) is 26.2 Å². The number of likely N-dealkylation sites (tertiary alicyclic amines) is 1. The summed E-state index contributed by atoms with van der Waals surface area (Å²) in [5.41, 5.74) is 1.02. The van der Waals surface area contributed by atoms with Gasteiger partial charge in [0.15, 0.2) is 0 Å². The van der Waals surface area contributed by atoms with Crippen LogP contribution in [0.15, 0.2) is 30.3 Å². The summed E-state index contributed by atoms with van der Waals surface area (Å²) in [6.07, 6.45) is 3.15. The van der Waals surface area contributed by atoms with Crippen molar-refractivity contribution in [1.29, 1.82) is 0 Å². The van der Waals surface area contributed by atoms with Gasteiger partial charge in [-0.15, -0.1) is 0 Å². The number of piperidine rings is 1. The summed E-state index contributed by atoms with van der Waals surface area (Å²) in [4.78, 5) is 2.43. The van der Waals surface area contributed by atoms with Crippen LogP contribution in [0.1, 0.15) is 37.9 Å². The van der Waals surface area contributed by atoms with Crippen molar-refractivity contribution in [2.24, 2.45) is 0 Å². The topological polar surface area (TPSA) is 32.7 Å². The minimum atomic E-state index is -0.342. The quantitative estimate of drug-likeness (QED) is 0.856. The first kappa shape index (κ1) is 14.5. The van der Waals surface area contributed by atoms with E-state index in [-0.39, 0.29) is 6.10 Å². The summed E-state index contributed by atoms with van der Waals surface area (Å²) in [5.74, 6) is 0. The highest BCUT2D eigenvalue weighted by molar-refractivity contribution is 5.17. The molecule has 1 unspecified atom stereocenters. The van der Waals surface area contributed by atoms with Crippen molar-refractivity contribution in [1.82, 2.24) is 4.90 Å². The number of nitrogens with zero attached hydrogens (tertiary/aromatic N) is 1. The van der Waals surface area contributed by atoms with E-state index in [9.17, 15) is 5.11 Å². The molecule has 1 aliphatic heterocycles. The Balaban J connectivity index is 1.69. The average molecular weight is 263 g/mol. The zero-order valence-corrected chi connectivity index (χ0v) is 11.8. The van der Waals surface area contributed by atoms with Crippen LogP contribution >= 0.6 is 0 Å². The molecular weight excluding hydrogens is 238 g/mol. The molecule has 3 heteroatoms. The van der Waals surface area contributed by atoms with Crippen LogP contribution in [0.2, 0.25) is 0 Å². The van der Waals surface area contributed by atoms with E-state index in [1.165, 1.54) is 0 Å². The van der Waals surface area contributed by atoms with E-state index < -0.39 is 0 Å². The van der Waals surface area contributed by atoms with Crippen LogP contribution in [0.25, 0.3) is 0 Å². The van der Waals surface area contributed by atoms with Gasteiger partial charge in [0.05, 0.1) is 12.2 Å². The molecule has 1 aliphatic rings. The monoisotopic (exact) mass is 263 g/mol. The zero-order valence-electron chi connectivity index (χ0n) is 11.8. The summed E-state index contributed by atoms with van der Waals surface area (Å²) in [5, 5.41) is 10.1. The van der Waals surface area contributed by atoms with Crippen LogP contribution in [-0.4, -0.2) is 42.4 Å². The Bertz CT molecular complexity index is 347. The Labute approximate surface area is 116 Å². The minimum absolute atomic E-state index is 0.342. The molecule has 1 fully saturated rings. The number of aliphatic hydroxyl groups excluding tert-OH is 1. The molecular formula is C16H25NO2. The van der Waals surface area contributed by atoms with Gasteiger partial charge in [0, 0.05) is 26.2 Å². The smallest absolute Gasteiger partial charge is 0.0802 e. The van der Waals surface area contributed by atoms with Crippen LogP contribution in [0.3, 0.4) is 0 Å². The molecule has 0 amide bonds. The Morgan fingerprint density at radius 2 is 1.95 bits per heavy atom. The lowest BCUT2D eigenvalue weighted by atomic mass is 10.0. The SMILES string of the molecule is CCOC1CCN(CCC(O)c2ccccc2)CC1. The largest absolute Gasteiger partial charge is 0.388 e. The van der Waals surface area contributed by atoms with Gasteiger partial charge in [-0.05, 0) is 31.7 Å². The van der Waals surface area contributed by atoms with Gasteiger partial charge in [-0.3, -0.25) is 0 Å². The first-order chi connectivity index (χ1) is 9.29. The summed E-state index contributed by atoms with van der Waals surface area (Å²) in [7, 11) is 0. The van der Waals surface area contributed by atoms with Gasteiger partial charge in [0.25, 0.3) is 0 Å². The third-order valence-corrected chi connectivity index (χ3v) is 3.84. The third-order valence-electron chi connectivity index (χ3n) is 3.84. The number of benzene rings is 1. The summed E-state index contributed by atoms with van der Waals surface area (Å²) in [6, 6.07) is 9.92. The molecule has 0 radical (unpaired) electrons. The van der Waals surface area contributed by atoms with Crippen molar-refractivity contribution in [3.63, 3.8) is 0 Å². The molecule has 1 saturated heterocycles. The van der Waals surface area contributed by atoms with E-state index in [0.29, 0.717) is 6.10 Å². The third kappa shape index (κ3) is 4.60. The molecule has 1 atom stereocenters. The van der Waals surface area contributed by atoms with E-state index in [1.54, 1.807) is 0 Å². The van der Waals surface area contributed by atoms with Crippen molar-refractivity contribution >= 4 is 0 Å². The first-order valence-corrected chi connectivity index (χ1v) is 7.36. The number of aliphatic hydroxyl groups is 1. The second-order valence-electron chi connectivity index (χ2n) is 5.21. The maximum atomic E-state index is 10.1. The zero-order chi connectivity index (χ0) is 13.5. The average Bonchev–Trinajstić information content (AvgIpc) is 2.47. The van der Waals surface area contributed by atoms with E-state index in [0.717, 1.165) is 51.1 Å². The normalized spacial score (nSPS) is 19.5. The molecule has 1 aromatic carbocycles. The fourth-order valence-electron chi connectivity index (χ4n) is 2.68. The summed E-state index contributed by atoms with van der Waals surface area (Å²) in [6.45, 7) is 6.02. The second kappa shape index (κ2) is 7.63. The lowest BCUT2D eigenvalue weighted by Gasteiger charge is -2.32. The highest BCUT2D eigenvalue weighted by Crippen LogP contribution is 2.19. The highest BCUT2D eigenvalue weighted by Gasteiger charge is 2.19. The van der Waals surface area contributed by atoms with Gasteiger partial charge in [-0.2, -0.15) is 0 Å². The van der Waals surface area contributed by atoms with Gasteiger partial charge < -0.3 is 14.7 Å². The molecule has 0 aliphatic carbocycles. The number of rotatable bonds is 6. The van der Waals surface area contributed by atoms with Crippen LogP contribution in [-0.2, 0) is 4.74 Å². The van der Waals surface area contributed by atoms with Crippen molar-refractivity contribution in [2.45, 2.75) is 38.4 Å². The fraction of sp³-hybridized carbons (Fsp3) is 0.625. The minimum Gasteiger partial charge on any atom is -0.388 e. The Morgan fingerprint density at radius 1 is 1.26 bits per heavy atom. The number of hydrogen-bond acceptors (Lipinski definition) is 3. The predicted molar refractivity (Wildman–Crippen MR) is 77.1 cm³/mol. The van der Waals surface area contributed by atoms with Crippen molar-refractivity contribution in [3.8, 4) is 0 Å². The predicted octanol–water partition coefficient (Wildman–Crippen LogP) is 2.61. The standard InChI is InChI=1S/C16H25NO2/c1-2-19-15-8-11-17(12-9-15)13-10-16(18)14-6-4-3-5-7-14/h3-7,15-16,18H,2,8-13H2,1H3. The van der Waals surface area contributed by atoms with Gasteiger partial charge in [-0.25, -0.2) is 0 Å². The van der Waals surface area contributed by atoms with E-state index in [4.69, 9.17) is 4.74 Å². The van der Waals surface area contributed by atoms with Crippen LogP contribution in [0.4, 0.5) is 0 Å². The lowest BCUT2D eigenvalue weighted by molar-refractivity contribution is 0.0112. The number of ether oxygens (including phenoxy) is 1. The molecule has 19 heavy (non-hydrogen) atoms. The summed E-state index contributed by atoms with van der Waals surface area (Å²) >= 11 is 0.